The Morgan fingerprint density at radius 2 is 1.33 bits per heavy atom. The van der Waals surface area contributed by atoms with Gasteiger partial charge in [0.25, 0.3) is 0 Å². The summed E-state index contributed by atoms with van der Waals surface area (Å²) in [4.78, 5) is 23.5. The summed E-state index contributed by atoms with van der Waals surface area (Å²) in [5.41, 5.74) is 2.60. The first-order valence-corrected chi connectivity index (χ1v) is 9.56. The highest BCUT2D eigenvalue weighted by atomic mass is 16.5. The maximum Gasteiger partial charge on any atom is 0.408 e. The Bertz CT molecular complexity index is 942. The highest BCUT2D eigenvalue weighted by Crippen LogP contribution is 2.13. The summed E-state index contributed by atoms with van der Waals surface area (Å²) in [5.74, 6) is -0.316. The Balaban J connectivity index is 1.45. The van der Waals surface area contributed by atoms with Crippen LogP contribution in [0.1, 0.15) is 16.7 Å². The van der Waals surface area contributed by atoms with Gasteiger partial charge in [0, 0.05) is 6.42 Å². The summed E-state index contributed by atoms with van der Waals surface area (Å²) in [6.07, 6.45) is -0.587. The number of nitrogens with one attached hydrogen (secondary N) is 1. The minimum Gasteiger partial charge on any atom is -0.489 e. The Morgan fingerprint density at radius 3 is 1.93 bits per heavy atom. The monoisotopic (exact) mass is 405 g/mol. The summed E-state index contributed by atoms with van der Waals surface area (Å²) < 4.78 is 10.9. The average molecular weight is 405 g/mol. The lowest BCUT2D eigenvalue weighted by Gasteiger charge is -2.15. The Labute approximate surface area is 175 Å². The van der Waals surface area contributed by atoms with Crippen LogP contribution < -0.4 is 10.1 Å². The van der Waals surface area contributed by atoms with Gasteiger partial charge in [0.15, 0.2) is 0 Å². The quantitative estimate of drug-likeness (QED) is 0.558. The van der Waals surface area contributed by atoms with Crippen molar-refractivity contribution in [3.8, 4) is 5.75 Å². The van der Waals surface area contributed by atoms with E-state index in [0.29, 0.717) is 6.61 Å². The van der Waals surface area contributed by atoms with Crippen molar-refractivity contribution in [1.29, 1.82) is 0 Å². The summed E-state index contributed by atoms with van der Waals surface area (Å²) in [7, 11) is 0. The lowest BCUT2D eigenvalue weighted by Crippen LogP contribution is -2.42. The zero-order valence-electron chi connectivity index (χ0n) is 16.4. The minimum atomic E-state index is -1.11. The number of hydrogen-bond acceptors (Lipinski definition) is 4. The number of carboxylic acids is 1. The van der Waals surface area contributed by atoms with E-state index in [1.54, 1.807) is 0 Å². The predicted molar refractivity (Wildman–Crippen MR) is 112 cm³/mol. The molecule has 0 radical (unpaired) electrons. The number of amides is 1. The van der Waals surface area contributed by atoms with Gasteiger partial charge in [-0.3, -0.25) is 0 Å². The molecule has 154 valence electrons. The molecule has 0 saturated heterocycles. The molecule has 6 nitrogen and oxygen atoms in total. The van der Waals surface area contributed by atoms with E-state index in [-0.39, 0.29) is 13.0 Å². The van der Waals surface area contributed by atoms with Crippen molar-refractivity contribution < 1.29 is 24.2 Å². The molecule has 1 atom stereocenters. The molecule has 3 aromatic carbocycles. The Kier molecular flexibility index (Phi) is 7.44. The lowest BCUT2D eigenvalue weighted by molar-refractivity contribution is -0.139. The summed E-state index contributed by atoms with van der Waals surface area (Å²) >= 11 is 0. The number of carbonyl (C=O) groups excluding carboxylic acids is 1. The number of benzene rings is 3. The molecule has 0 saturated carbocycles. The first-order chi connectivity index (χ1) is 14.6. The first-order valence-electron chi connectivity index (χ1n) is 9.56. The molecule has 0 bridgehead atoms. The zero-order chi connectivity index (χ0) is 21.2. The van der Waals surface area contributed by atoms with Crippen LogP contribution >= 0.6 is 0 Å². The molecule has 2 N–H and O–H groups in total. The molecule has 3 aromatic rings. The van der Waals surface area contributed by atoms with Crippen LogP contribution in [0.25, 0.3) is 0 Å². The van der Waals surface area contributed by atoms with Crippen LogP contribution in [0.2, 0.25) is 0 Å². The normalized spacial score (nSPS) is 11.3. The van der Waals surface area contributed by atoms with Gasteiger partial charge in [-0.25, -0.2) is 9.59 Å². The van der Waals surface area contributed by atoms with Gasteiger partial charge in [-0.15, -0.1) is 0 Å². The van der Waals surface area contributed by atoms with Crippen molar-refractivity contribution in [3.05, 3.63) is 102 Å². The summed E-state index contributed by atoms with van der Waals surface area (Å²) in [5, 5.41) is 11.8. The van der Waals surface area contributed by atoms with Crippen LogP contribution in [-0.2, 0) is 29.2 Å². The van der Waals surface area contributed by atoms with E-state index in [0.717, 1.165) is 22.4 Å². The van der Waals surface area contributed by atoms with Crippen molar-refractivity contribution in [2.45, 2.75) is 25.7 Å². The molecule has 1 amide bonds. The van der Waals surface area contributed by atoms with Gasteiger partial charge in [0.2, 0.25) is 0 Å². The molecule has 3 rings (SSSR count). The van der Waals surface area contributed by atoms with Crippen LogP contribution in [-0.4, -0.2) is 23.2 Å². The third-order valence-electron chi connectivity index (χ3n) is 4.41. The van der Waals surface area contributed by atoms with Crippen LogP contribution in [0, 0.1) is 0 Å². The van der Waals surface area contributed by atoms with Gasteiger partial charge in [-0.05, 0) is 28.8 Å². The van der Waals surface area contributed by atoms with E-state index in [9.17, 15) is 14.7 Å². The van der Waals surface area contributed by atoms with E-state index >= 15 is 0 Å². The van der Waals surface area contributed by atoms with Gasteiger partial charge >= 0.3 is 12.1 Å². The number of carboxylic acid groups (broad SMARTS) is 1. The maximum absolute atomic E-state index is 12.0. The number of aliphatic carboxylic acids is 1. The molecule has 30 heavy (non-hydrogen) atoms. The fourth-order valence-electron chi connectivity index (χ4n) is 2.80. The smallest absolute Gasteiger partial charge is 0.408 e. The van der Waals surface area contributed by atoms with Crippen molar-refractivity contribution in [2.75, 3.05) is 0 Å². The van der Waals surface area contributed by atoms with Gasteiger partial charge in [0.05, 0.1) is 0 Å². The van der Waals surface area contributed by atoms with E-state index in [1.807, 2.05) is 84.9 Å². The van der Waals surface area contributed by atoms with Crippen molar-refractivity contribution in [3.63, 3.8) is 0 Å². The highest BCUT2D eigenvalue weighted by Gasteiger charge is 2.21. The molecular weight excluding hydrogens is 382 g/mol. The van der Waals surface area contributed by atoms with Gasteiger partial charge in [-0.2, -0.15) is 0 Å². The minimum absolute atomic E-state index is 0.0450. The SMILES string of the molecule is O=C(N[C@@H](Cc1ccccc1)C(=O)O)OCc1ccc(COc2ccccc2)cc1. The first kappa shape index (κ1) is 20.9. The largest absolute Gasteiger partial charge is 0.489 e. The fourth-order valence-corrected chi connectivity index (χ4v) is 2.80. The number of carbonyl (C=O) groups is 2. The van der Waals surface area contributed by atoms with Gasteiger partial charge in [0.1, 0.15) is 25.0 Å². The standard InChI is InChI=1S/C24H23NO5/c26-23(27)22(15-18-7-3-1-4-8-18)25-24(28)30-17-20-13-11-19(12-14-20)16-29-21-9-5-2-6-10-21/h1-14,22H,15-17H2,(H,25,28)(H,26,27)/t22-/m0/s1. The highest BCUT2D eigenvalue weighted by molar-refractivity contribution is 5.80. The van der Waals surface area contributed by atoms with E-state index in [4.69, 9.17) is 9.47 Å². The second-order valence-corrected chi connectivity index (χ2v) is 6.72. The Morgan fingerprint density at radius 1 is 0.767 bits per heavy atom. The summed E-state index contributed by atoms with van der Waals surface area (Å²) in [6, 6.07) is 25.1. The molecule has 0 aliphatic heterocycles. The molecule has 0 aromatic heterocycles. The second kappa shape index (κ2) is 10.7. The zero-order valence-corrected chi connectivity index (χ0v) is 16.4. The van der Waals surface area contributed by atoms with Gasteiger partial charge in [-0.1, -0.05) is 72.8 Å². The van der Waals surface area contributed by atoms with Crippen molar-refractivity contribution >= 4 is 12.1 Å². The van der Waals surface area contributed by atoms with Crippen LogP contribution in [0.4, 0.5) is 4.79 Å². The molecule has 0 unspecified atom stereocenters. The van der Waals surface area contributed by atoms with Crippen molar-refractivity contribution in [2.24, 2.45) is 0 Å². The molecule has 0 spiro atoms. The maximum atomic E-state index is 12.0. The lowest BCUT2D eigenvalue weighted by atomic mass is 10.1. The number of ether oxygens (including phenoxy) is 2. The molecule has 0 aliphatic rings. The van der Waals surface area contributed by atoms with Crippen LogP contribution in [0.5, 0.6) is 5.75 Å². The molecule has 0 fully saturated rings. The average Bonchev–Trinajstić information content (AvgIpc) is 2.78. The summed E-state index contributed by atoms with van der Waals surface area (Å²) in [6.45, 7) is 0.481. The number of alkyl carbamates (subject to hydrolysis) is 1. The van der Waals surface area contributed by atoms with Crippen molar-refractivity contribution in [1.82, 2.24) is 5.32 Å². The topological polar surface area (TPSA) is 84.9 Å². The van der Waals surface area contributed by atoms with E-state index in [1.165, 1.54) is 0 Å². The number of rotatable bonds is 9. The van der Waals surface area contributed by atoms with Crippen LogP contribution in [0.15, 0.2) is 84.9 Å². The molecule has 0 heterocycles. The molecule has 6 heteroatoms. The van der Waals surface area contributed by atoms with Crippen LogP contribution in [0.3, 0.4) is 0 Å². The fraction of sp³-hybridized carbons (Fsp3) is 0.167. The number of hydrogen-bond donors (Lipinski definition) is 2. The third kappa shape index (κ3) is 6.67. The number of para-hydroxylation sites is 1. The van der Waals surface area contributed by atoms with Gasteiger partial charge < -0.3 is 19.9 Å². The molecule has 0 aliphatic carbocycles. The van der Waals surface area contributed by atoms with E-state index in [2.05, 4.69) is 5.32 Å². The predicted octanol–water partition coefficient (Wildman–Crippen LogP) is 4.19. The second-order valence-electron chi connectivity index (χ2n) is 6.72. The molecular formula is C24H23NO5. The third-order valence-corrected chi connectivity index (χ3v) is 4.41. The Hall–Kier alpha value is -3.80. The van der Waals surface area contributed by atoms with E-state index < -0.39 is 18.1 Å².